The molecule has 0 radical (unpaired) electrons. The SMILES string of the molecule is C[N+](C)(CCC#N)CC1CO1. The smallest absolute Gasteiger partial charge is 0.130 e. The third-order valence-corrected chi connectivity index (χ3v) is 1.93. The minimum atomic E-state index is 0.462. The predicted molar refractivity (Wildman–Crippen MR) is 41.8 cm³/mol. The second-order valence-corrected chi connectivity index (χ2v) is 3.71. The van der Waals surface area contributed by atoms with E-state index in [1.54, 1.807) is 0 Å². The molecule has 1 saturated heterocycles. The first-order valence-electron chi connectivity index (χ1n) is 3.94. The van der Waals surface area contributed by atoms with E-state index in [9.17, 15) is 0 Å². The summed E-state index contributed by atoms with van der Waals surface area (Å²) in [5, 5.41) is 8.39. The van der Waals surface area contributed by atoms with E-state index in [4.69, 9.17) is 10.00 Å². The summed E-state index contributed by atoms with van der Waals surface area (Å²) in [7, 11) is 4.28. The molecule has 0 aromatic heterocycles. The van der Waals surface area contributed by atoms with Crippen molar-refractivity contribution in [1.29, 1.82) is 5.26 Å². The van der Waals surface area contributed by atoms with Gasteiger partial charge in [0.15, 0.2) is 0 Å². The summed E-state index contributed by atoms with van der Waals surface area (Å²) in [6.07, 6.45) is 1.10. The van der Waals surface area contributed by atoms with Crippen LogP contribution < -0.4 is 0 Å². The normalized spacial score (nSPS) is 22.8. The van der Waals surface area contributed by atoms with Crippen LogP contribution in [-0.4, -0.2) is 44.4 Å². The van der Waals surface area contributed by atoms with Gasteiger partial charge in [0.2, 0.25) is 0 Å². The van der Waals surface area contributed by atoms with Gasteiger partial charge in [-0.05, 0) is 0 Å². The third-order valence-electron chi connectivity index (χ3n) is 1.93. The fourth-order valence-corrected chi connectivity index (χ4v) is 1.17. The van der Waals surface area contributed by atoms with Gasteiger partial charge >= 0.3 is 0 Å². The van der Waals surface area contributed by atoms with E-state index in [1.165, 1.54) is 0 Å². The molecule has 1 fully saturated rings. The first kappa shape index (κ1) is 8.51. The number of ether oxygens (including phenoxy) is 1. The molecule has 0 aromatic rings. The van der Waals surface area contributed by atoms with Crippen molar-refractivity contribution in [2.24, 2.45) is 0 Å². The lowest BCUT2D eigenvalue weighted by atomic mass is 10.3. The van der Waals surface area contributed by atoms with Crippen molar-refractivity contribution in [2.45, 2.75) is 12.5 Å². The maximum absolute atomic E-state index is 8.39. The predicted octanol–water partition coefficient (Wildman–Crippen LogP) is 0.375. The van der Waals surface area contributed by atoms with Gasteiger partial charge in [-0.3, -0.25) is 0 Å². The van der Waals surface area contributed by atoms with Crippen molar-refractivity contribution in [3.63, 3.8) is 0 Å². The van der Waals surface area contributed by atoms with Crippen LogP contribution in [0.3, 0.4) is 0 Å². The molecule has 1 aliphatic heterocycles. The number of rotatable bonds is 4. The molecule has 1 aliphatic rings. The van der Waals surface area contributed by atoms with Crippen LogP contribution in [0.15, 0.2) is 0 Å². The van der Waals surface area contributed by atoms with Gasteiger partial charge in [-0.2, -0.15) is 5.26 Å². The van der Waals surface area contributed by atoms with Crippen molar-refractivity contribution in [3.8, 4) is 6.07 Å². The van der Waals surface area contributed by atoms with Gasteiger partial charge in [0.1, 0.15) is 12.6 Å². The minimum Gasteiger partial charge on any atom is -0.367 e. The standard InChI is InChI=1S/C8H15N2O/c1-10(2,5-3-4-9)6-8-7-11-8/h8H,3,5-7H2,1-2H3/q+1. The zero-order valence-electron chi connectivity index (χ0n) is 7.21. The molecule has 1 atom stereocenters. The molecule has 62 valence electrons. The van der Waals surface area contributed by atoms with Gasteiger partial charge in [0, 0.05) is 0 Å². The Labute approximate surface area is 67.8 Å². The van der Waals surface area contributed by atoms with Crippen LogP contribution in [0.1, 0.15) is 6.42 Å². The molecule has 1 heterocycles. The Bertz CT molecular complexity index is 167. The lowest BCUT2D eigenvalue weighted by Gasteiger charge is -2.27. The molecule has 0 bridgehead atoms. The van der Waals surface area contributed by atoms with Crippen LogP contribution in [0.2, 0.25) is 0 Å². The van der Waals surface area contributed by atoms with Crippen LogP contribution in [0.5, 0.6) is 0 Å². The quantitative estimate of drug-likeness (QED) is 0.434. The molecule has 0 aromatic carbocycles. The summed E-state index contributed by atoms with van der Waals surface area (Å²) in [5.74, 6) is 0. The zero-order chi connectivity index (χ0) is 8.32. The highest BCUT2D eigenvalue weighted by molar-refractivity contribution is 4.70. The lowest BCUT2D eigenvalue weighted by Crippen LogP contribution is -2.43. The summed E-state index contributed by atoms with van der Waals surface area (Å²) in [6.45, 7) is 2.88. The highest BCUT2D eigenvalue weighted by Crippen LogP contribution is 2.13. The van der Waals surface area contributed by atoms with Crippen LogP contribution in [0.25, 0.3) is 0 Å². The molecule has 1 unspecified atom stereocenters. The van der Waals surface area contributed by atoms with Gasteiger partial charge in [-0.15, -0.1) is 0 Å². The molecule has 0 N–H and O–H groups in total. The summed E-state index contributed by atoms with van der Waals surface area (Å²) < 4.78 is 6.03. The van der Waals surface area contributed by atoms with Gasteiger partial charge in [-0.1, -0.05) is 0 Å². The van der Waals surface area contributed by atoms with Gasteiger partial charge < -0.3 is 9.22 Å². The maximum Gasteiger partial charge on any atom is 0.130 e. The number of likely N-dealkylation sites (N-methyl/N-ethyl adjacent to an activating group) is 1. The summed E-state index contributed by atoms with van der Waals surface area (Å²) in [6, 6.07) is 2.16. The summed E-state index contributed by atoms with van der Waals surface area (Å²) in [5.41, 5.74) is 0. The number of epoxide rings is 1. The Morgan fingerprint density at radius 2 is 2.27 bits per heavy atom. The average molecular weight is 155 g/mol. The molecule has 3 nitrogen and oxygen atoms in total. The topological polar surface area (TPSA) is 36.3 Å². The van der Waals surface area contributed by atoms with Crippen LogP contribution >= 0.6 is 0 Å². The Hall–Kier alpha value is -0.590. The van der Waals surface area contributed by atoms with E-state index < -0.39 is 0 Å². The fourth-order valence-electron chi connectivity index (χ4n) is 1.17. The van der Waals surface area contributed by atoms with Crippen molar-refractivity contribution >= 4 is 0 Å². The van der Waals surface area contributed by atoms with Gasteiger partial charge in [0.05, 0.1) is 39.7 Å². The van der Waals surface area contributed by atoms with Crippen LogP contribution in [0.4, 0.5) is 0 Å². The summed E-state index contributed by atoms with van der Waals surface area (Å²) in [4.78, 5) is 0. The molecule has 0 spiro atoms. The average Bonchev–Trinajstić information content (AvgIpc) is 2.67. The number of hydrogen-bond donors (Lipinski definition) is 0. The molecule has 1 rings (SSSR count). The zero-order valence-corrected chi connectivity index (χ0v) is 7.21. The Balaban J connectivity index is 2.20. The largest absolute Gasteiger partial charge is 0.367 e. The number of nitrogens with zero attached hydrogens (tertiary/aromatic N) is 2. The van der Waals surface area contributed by atoms with Crippen molar-refractivity contribution < 1.29 is 9.22 Å². The second kappa shape index (κ2) is 3.21. The van der Waals surface area contributed by atoms with E-state index in [1.807, 2.05) is 0 Å². The monoisotopic (exact) mass is 155 g/mol. The molecule has 3 heteroatoms. The molecule has 0 aliphatic carbocycles. The Kier molecular flexibility index (Phi) is 2.48. The molecular formula is C8H15N2O+. The highest BCUT2D eigenvalue weighted by atomic mass is 16.6. The van der Waals surface area contributed by atoms with E-state index >= 15 is 0 Å². The second-order valence-electron chi connectivity index (χ2n) is 3.71. The molecule has 11 heavy (non-hydrogen) atoms. The fraction of sp³-hybridized carbons (Fsp3) is 0.875. The van der Waals surface area contributed by atoms with Crippen molar-refractivity contribution in [3.05, 3.63) is 0 Å². The number of quaternary nitrogens is 1. The molecule has 0 amide bonds. The Morgan fingerprint density at radius 3 is 2.73 bits per heavy atom. The number of hydrogen-bond acceptors (Lipinski definition) is 2. The maximum atomic E-state index is 8.39. The number of nitriles is 1. The first-order chi connectivity index (χ1) is 5.14. The van der Waals surface area contributed by atoms with Gasteiger partial charge in [-0.25, -0.2) is 0 Å². The summed E-state index contributed by atoms with van der Waals surface area (Å²) >= 11 is 0. The Morgan fingerprint density at radius 1 is 1.64 bits per heavy atom. The van der Waals surface area contributed by atoms with E-state index in [2.05, 4.69) is 20.2 Å². The van der Waals surface area contributed by atoms with Crippen LogP contribution in [0, 0.1) is 11.3 Å². The van der Waals surface area contributed by atoms with Crippen molar-refractivity contribution in [1.82, 2.24) is 0 Å². The van der Waals surface area contributed by atoms with Crippen LogP contribution in [-0.2, 0) is 4.74 Å². The van der Waals surface area contributed by atoms with Crippen molar-refractivity contribution in [2.75, 3.05) is 33.8 Å². The van der Waals surface area contributed by atoms with E-state index in [-0.39, 0.29) is 0 Å². The van der Waals surface area contributed by atoms with Gasteiger partial charge in [0.25, 0.3) is 0 Å². The lowest BCUT2D eigenvalue weighted by molar-refractivity contribution is -0.890. The van der Waals surface area contributed by atoms with E-state index in [0.29, 0.717) is 12.5 Å². The minimum absolute atomic E-state index is 0.462. The highest BCUT2D eigenvalue weighted by Gasteiger charge is 2.30. The molecule has 0 saturated carbocycles. The first-order valence-corrected chi connectivity index (χ1v) is 3.94. The van der Waals surface area contributed by atoms with E-state index in [0.717, 1.165) is 24.2 Å². The molecular weight excluding hydrogens is 140 g/mol. The third kappa shape index (κ3) is 3.35.